The summed E-state index contributed by atoms with van der Waals surface area (Å²) in [6.45, 7) is 0. The molecule has 0 saturated heterocycles. The monoisotopic (exact) mass is 729 g/mol. The highest BCUT2D eigenvalue weighted by atomic mass is 16.3. The molecule has 0 amide bonds. The molecule has 12 rings (SSSR count). The summed E-state index contributed by atoms with van der Waals surface area (Å²) < 4.78 is 11.5. The zero-order valence-electron chi connectivity index (χ0n) is 30.5. The first-order chi connectivity index (χ1) is 28.3. The van der Waals surface area contributed by atoms with E-state index >= 15 is 0 Å². The molecule has 0 unspecified atom stereocenters. The normalized spacial score (nSPS) is 11.9. The van der Waals surface area contributed by atoms with Crippen molar-refractivity contribution >= 4 is 65.6 Å². The Morgan fingerprint density at radius 1 is 0.351 bits per heavy atom. The summed E-state index contributed by atoms with van der Waals surface area (Å²) in [5.74, 6) is 1.89. The van der Waals surface area contributed by atoms with Gasteiger partial charge in [0.25, 0.3) is 0 Å². The number of para-hydroxylation sites is 3. The van der Waals surface area contributed by atoms with Crippen LogP contribution >= 0.6 is 0 Å². The van der Waals surface area contributed by atoms with Crippen LogP contribution in [-0.4, -0.2) is 24.1 Å². The van der Waals surface area contributed by atoms with Crippen molar-refractivity contribution in [2.45, 2.75) is 0 Å². The maximum atomic E-state index is 6.76. The zero-order valence-corrected chi connectivity index (χ0v) is 30.5. The fourth-order valence-corrected chi connectivity index (χ4v) is 8.68. The molecule has 57 heavy (non-hydrogen) atoms. The van der Waals surface area contributed by atoms with Crippen molar-refractivity contribution in [3.8, 4) is 45.5 Å². The van der Waals surface area contributed by atoms with Gasteiger partial charge in [0, 0.05) is 43.9 Å². The van der Waals surface area contributed by atoms with E-state index in [0.717, 1.165) is 82.8 Å². The summed E-state index contributed by atoms with van der Waals surface area (Å²) in [5.41, 5.74) is 11.1. The first kappa shape index (κ1) is 31.5. The Morgan fingerprint density at radius 2 is 0.895 bits per heavy atom. The Bertz CT molecular complexity index is 3400. The number of hydrogen-bond acceptors (Lipinski definition) is 4. The van der Waals surface area contributed by atoms with E-state index in [1.54, 1.807) is 0 Å². The third kappa shape index (κ3) is 4.81. The van der Waals surface area contributed by atoms with Crippen LogP contribution in [0.25, 0.3) is 111 Å². The molecule has 6 nitrogen and oxygen atoms in total. The highest BCUT2D eigenvalue weighted by Gasteiger charge is 2.23. The number of aromatic nitrogens is 5. The second-order valence-corrected chi connectivity index (χ2v) is 14.4. The molecular weight excluding hydrogens is 699 g/mol. The molecule has 0 fully saturated rings. The predicted molar refractivity (Wildman–Crippen MR) is 232 cm³/mol. The van der Waals surface area contributed by atoms with Crippen molar-refractivity contribution in [2.24, 2.45) is 0 Å². The SMILES string of the molecule is c1ccc(-c2nc(-c3ccccc3)nc(-c3ccc4c(c3)c3ccc5oc6cccc(-n7c8ccccc8c8ccccc87)c6c5c3n4-c3ccccc3)n2)cc1. The van der Waals surface area contributed by atoms with Gasteiger partial charge in [-0.15, -0.1) is 0 Å². The Balaban J connectivity index is 1.17. The lowest BCUT2D eigenvalue weighted by Crippen LogP contribution is -2.00. The Labute approximate surface area is 326 Å². The molecule has 4 heterocycles. The predicted octanol–water partition coefficient (Wildman–Crippen LogP) is 13.0. The van der Waals surface area contributed by atoms with Crippen LogP contribution in [0, 0.1) is 0 Å². The lowest BCUT2D eigenvalue weighted by Gasteiger charge is -2.11. The van der Waals surface area contributed by atoms with Crippen LogP contribution in [0.5, 0.6) is 0 Å². The van der Waals surface area contributed by atoms with Crippen molar-refractivity contribution in [3.05, 3.63) is 188 Å². The van der Waals surface area contributed by atoms with Crippen molar-refractivity contribution in [3.63, 3.8) is 0 Å². The molecule has 0 radical (unpaired) electrons. The zero-order chi connectivity index (χ0) is 37.5. The molecule has 4 aromatic heterocycles. The third-order valence-electron chi connectivity index (χ3n) is 11.2. The summed E-state index contributed by atoms with van der Waals surface area (Å²) in [6, 6.07) is 65.4. The van der Waals surface area contributed by atoms with Gasteiger partial charge in [0.1, 0.15) is 11.2 Å². The van der Waals surface area contributed by atoms with Gasteiger partial charge in [0.2, 0.25) is 0 Å². The first-order valence-electron chi connectivity index (χ1n) is 19.1. The topological polar surface area (TPSA) is 61.7 Å². The number of benzene rings is 8. The second kappa shape index (κ2) is 12.3. The van der Waals surface area contributed by atoms with Crippen LogP contribution in [-0.2, 0) is 0 Å². The highest BCUT2D eigenvalue weighted by Crippen LogP contribution is 2.45. The first-order valence-corrected chi connectivity index (χ1v) is 19.1. The second-order valence-electron chi connectivity index (χ2n) is 14.4. The smallest absolute Gasteiger partial charge is 0.164 e. The standard InChI is InChI=1S/C51H31N5O/c1-4-15-32(16-5-1)49-52-50(33-17-6-2-7-18-33)54-51(53-49)34-27-29-42-39(31-34)38-28-30-45-47(48(38)55(42)35-19-8-3-9-20-35)46-43(25-14-26-44(46)57-45)56-40-23-12-10-21-36(40)37-22-11-13-24-41(37)56/h1-31H. The van der Waals surface area contributed by atoms with Gasteiger partial charge >= 0.3 is 0 Å². The Kier molecular flexibility index (Phi) is 6.83. The maximum Gasteiger partial charge on any atom is 0.164 e. The number of nitrogens with zero attached hydrogens (tertiary/aromatic N) is 5. The summed E-state index contributed by atoms with van der Waals surface area (Å²) >= 11 is 0. The minimum Gasteiger partial charge on any atom is -0.456 e. The molecule has 0 aliphatic carbocycles. The van der Waals surface area contributed by atoms with E-state index in [9.17, 15) is 0 Å². The van der Waals surface area contributed by atoms with E-state index < -0.39 is 0 Å². The molecule has 0 N–H and O–H groups in total. The Morgan fingerprint density at radius 3 is 1.54 bits per heavy atom. The molecule has 12 aromatic rings. The molecule has 0 aliphatic heterocycles. The molecular formula is C51H31N5O. The summed E-state index contributed by atoms with van der Waals surface area (Å²) in [6.07, 6.45) is 0. The number of fused-ring (bicyclic) bond motifs is 10. The largest absolute Gasteiger partial charge is 0.456 e. The quantitative estimate of drug-likeness (QED) is 0.177. The van der Waals surface area contributed by atoms with Gasteiger partial charge in [-0.25, -0.2) is 15.0 Å². The van der Waals surface area contributed by atoms with Gasteiger partial charge < -0.3 is 13.6 Å². The van der Waals surface area contributed by atoms with Gasteiger partial charge in [-0.1, -0.05) is 121 Å². The summed E-state index contributed by atoms with van der Waals surface area (Å²) in [4.78, 5) is 15.1. The van der Waals surface area contributed by atoms with E-state index in [-0.39, 0.29) is 0 Å². The molecule has 0 spiro atoms. The number of rotatable bonds is 5. The highest BCUT2D eigenvalue weighted by molar-refractivity contribution is 6.27. The minimum absolute atomic E-state index is 0.619. The lowest BCUT2D eigenvalue weighted by atomic mass is 10.0. The van der Waals surface area contributed by atoms with Crippen LogP contribution in [0.3, 0.4) is 0 Å². The third-order valence-corrected chi connectivity index (χ3v) is 11.2. The Hall–Kier alpha value is -7.83. The summed E-state index contributed by atoms with van der Waals surface area (Å²) in [5, 5.41) is 6.79. The molecule has 0 aliphatic rings. The van der Waals surface area contributed by atoms with Gasteiger partial charge in [0.15, 0.2) is 17.5 Å². The van der Waals surface area contributed by atoms with Crippen molar-refractivity contribution in [1.29, 1.82) is 0 Å². The number of furan rings is 1. The van der Waals surface area contributed by atoms with Gasteiger partial charge in [-0.3, -0.25) is 0 Å². The van der Waals surface area contributed by atoms with Gasteiger partial charge in [0.05, 0.1) is 38.5 Å². The fraction of sp³-hybridized carbons (Fsp3) is 0. The fourth-order valence-electron chi connectivity index (χ4n) is 8.68. The van der Waals surface area contributed by atoms with Gasteiger partial charge in [-0.2, -0.15) is 0 Å². The van der Waals surface area contributed by atoms with E-state index in [1.807, 2.05) is 60.7 Å². The van der Waals surface area contributed by atoms with E-state index in [0.29, 0.717) is 17.5 Å². The van der Waals surface area contributed by atoms with Crippen LogP contribution < -0.4 is 0 Å². The van der Waals surface area contributed by atoms with Crippen LogP contribution in [0.2, 0.25) is 0 Å². The maximum absolute atomic E-state index is 6.76. The molecule has 8 aromatic carbocycles. The summed E-state index contributed by atoms with van der Waals surface area (Å²) in [7, 11) is 0. The van der Waals surface area contributed by atoms with Crippen molar-refractivity contribution in [2.75, 3.05) is 0 Å². The molecule has 266 valence electrons. The van der Waals surface area contributed by atoms with Crippen LogP contribution in [0.15, 0.2) is 192 Å². The molecule has 0 saturated carbocycles. The van der Waals surface area contributed by atoms with E-state index in [2.05, 4.69) is 137 Å². The number of hydrogen-bond donors (Lipinski definition) is 0. The average Bonchev–Trinajstić information content (AvgIpc) is 3.95. The van der Waals surface area contributed by atoms with E-state index in [1.165, 1.54) is 10.8 Å². The molecule has 6 heteroatoms. The van der Waals surface area contributed by atoms with E-state index in [4.69, 9.17) is 19.4 Å². The molecule has 0 atom stereocenters. The van der Waals surface area contributed by atoms with Crippen LogP contribution in [0.1, 0.15) is 0 Å². The van der Waals surface area contributed by atoms with Gasteiger partial charge in [-0.05, 0) is 66.7 Å². The van der Waals surface area contributed by atoms with Crippen molar-refractivity contribution in [1.82, 2.24) is 24.1 Å². The minimum atomic E-state index is 0.619. The van der Waals surface area contributed by atoms with Crippen molar-refractivity contribution < 1.29 is 4.42 Å². The lowest BCUT2D eigenvalue weighted by molar-refractivity contribution is 0.669. The average molecular weight is 730 g/mol. The van der Waals surface area contributed by atoms with Crippen LogP contribution in [0.4, 0.5) is 0 Å². The molecule has 0 bridgehead atoms.